The minimum Gasteiger partial charge on any atom is -0.373 e. The first-order valence-corrected chi connectivity index (χ1v) is 7.20. The van der Waals surface area contributed by atoms with E-state index in [1.165, 1.54) is 0 Å². The Morgan fingerprint density at radius 2 is 1.95 bits per heavy atom. The minimum absolute atomic E-state index is 0.731. The summed E-state index contributed by atoms with van der Waals surface area (Å²) < 4.78 is 0. The van der Waals surface area contributed by atoms with Gasteiger partial charge in [0.1, 0.15) is 5.82 Å². The first-order valence-electron chi connectivity index (χ1n) is 7.20. The predicted octanol–water partition coefficient (Wildman–Crippen LogP) is 3.69. The number of aromatic nitrogens is 3. The van der Waals surface area contributed by atoms with E-state index in [1.54, 1.807) is 0 Å². The number of anilines is 1. The quantitative estimate of drug-likeness (QED) is 0.791. The SMILES string of the molecule is CCCc1cc(NC)nc(-c2cncc3ccccc23)n1. The number of pyridine rings is 1. The molecule has 0 aliphatic rings. The van der Waals surface area contributed by atoms with E-state index in [-0.39, 0.29) is 0 Å². The predicted molar refractivity (Wildman–Crippen MR) is 86.3 cm³/mol. The number of nitrogens with zero attached hydrogens (tertiary/aromatic N) is 3. The third-order valence-corrected chi connectivity index (χ3v) is 3.45. The molecule has 0 bridgehead atoms. The molecule has 4 heteroatoms. The molecule has 1 N–H and O–H groups in total. The van der Waals surface area contributed by atoms with Gasteiger partial charge >= 0.3 is 0 Å². The van der Waals surface area contributed by atoms with Gasteiger partial charge in [-0.15, -0.1) is 0 Å². The van der Waals surface area contributed by atoms with Gasteiger partial charge in [0.15, 0.2) is 5.82 Å². The standard InChI is InChI=1S/C17H18N4/c1-3-6-13-9-16(18-2)21-17(20-13)15-11-19-10-12-7-4-5-8-14(12)15/h4-5,7-11H,3,6H2,1-2H3,(H,18,20,21). The van der Waals surface area contributed by atoms with Crippen LogP contribution in [-0.2, 0) is 6.42 Å². The van der Waals surface area contributed by atoms with Gasteiger partial charge in [0, 0.05) is 42.2 Å². The molecule has 0 aliphatic heterocycles. The first kappa shape index (κ1) is 13.5. The Kier molecular flexibility index (Phi) is 3.77. The third-order valence-electron chi connectivity index (χ3n) is 3.45. The monoisotopic (exact) mass is 278 g/mol. The van der Waals surface area contributed by atoms with Crippen molar-refractivity contribution < 1.29 is 0 Å². The number of benzene rings is 1. The minimum atomic E-state index is 0.731. The maximum absolute atomic E-state index is 4.70. The number of hydrogen-bond acceptors (Lipinski definition) is 4. The molecular formula is C17H18N4. The fourth-order valence-corrected chi connectivity index (χ4v) is 2.42. The van der Waals surface area contributed by atoms with Crippen molar-refractivity contribution in [1.82, 2.24) is 15.0 Å². The van der Waals surface area contributed by atoms with Gasteiger partial charge in [-0.1, -0.05) is 37.6 Å². The zero-order valence-electron chi connectivity index (χ0n) is 12.3. The number of fused-ring (bicyclic) bond motifs is 1. The van der Waals surface area contributed by atoms with E-state index < -0.39 is 0 Å². The van der Waals surface area contributed by atoms with Gasteiger partial charge in [-0.3, -0.25) is 4.98 Å². The normalized spacial score (nSPS) is 10.8. The molecule has 0 fully saturated rings. The Morgan fingerprint density at radius 1 is 1.10 bits per heavy atom. The second-order valence-electron chi connectivity index (χ2n) is 4.98. The average Bonchev–Trinajstić information content (AvgIpc) is 2.54. The second kappa shape index (κ2) is 5.87. The largest absolute Gasteiger partial charge is 0.373 e. The summed E-state index contributed by atoms with van der Waals surface area (Å²) in [7, 11) is 1.88. The molecule has 21 heavy (non-hydrogen) atoms. The summed E-state index contributed by atoms with van der Waals surface area (Å²) in [4.78, 5) is 13.6. The summed E-state index contributed by atoms with van der Waals surface area (Å²) in [5, 5.41) is 5.34. The summed E-state index contributed by atoms with van der Waals surface area (Å²) in [5.74, 6) is 1.57. The van der Waals surface area contributed by atoms with E-state index in [0.29, 0.717) is 0 Å². The molecule has 4 nitrogen and oxygen atoms in total. The third kappa shape index (κ3) is 2.70. The number of hydrogen-bond donors (Lipinski definition) is 1. The molecule has 0 aliphatic carbocycles. The van der Waals surface area contributed by atoms with Crippen molar-refractivity contribution in [2.45, 2.75) is 19.8 Å². The summed E-state index contributed by atoms with van der Waals surface area (Å²) in [5.41, 5.74) is 2.03. The molecule has 0 saturated carbocycles. The van der Waals surface area contributed by atoms with Crippen molar-refractivity contribution in [3.05, 3.63) is 48.4 Å². The average molecular weight is 278 g/mol. The Labute approximate surface area is 124 Å². The molecule has 0 saturated heterocycles. The van der Waals surface area contributed by atoms with Crippen LogP contribution in [0.1, 0.15) is 19.0 Å². The van der Waals surface area contributed by atoms with Crippen molar-refractivity contribution >= 4 is 16.6 Å². The van der Waals surface area contributed by atoms with E-state index in [2.05, 4.69) is 34.3 Å². The van der Waals surface area contributed by atoms with E-state index in [1.807, 2.05) is 37.6 Å². The Balaban J connectivity index is 2.20. The second-order valence-corrected chi connectivity index (χ2v) is 4.98. The summed E-state index contributed by atoms with van der Waals surface area (Å²) >= 11 is 0. The lowest BCUT2D eigenvalue weighted by molar-refractivity contribution is 0.876. The topological polar surface area (TPSA) is 50.7 Å². The molecule has 2 heterocycles. The molecule has 0 spiro atoms. The molecule has 0 amide bonds. The fraction of sp³-hybridized carbons (Fsp3) is 0.235. The van der Waals surface area contributed by atoms with Crippen LogP contribution in [0.4, 0.5) is 5.82 Å². The highest BCUT2D eigenvalue weighted by molar-refractivity contribution is 5.94. The zero-order chi connectivity index (χ0) is 14.7. The van der Waals surface area contributed by atoms with E-state index in [0.717, 1.165) is 46.5 Å². The van der Waals surface area contributed by atoms with Crippen LogP contribution in [0.15, 0.2) is 42.7 Å². The van der Waals surface area contributed by atoms with Gasteiger partial charge in [0.25, 0.3) is 0 Å². The van der Waals surface area contributed by atoms with Crippen molar-refractivity contribution in [3.8, 4) is 11.4 Å². The van der Waals surface area contributed by atoms with Crippen molar-refractivity contribution in [3.63, 3.8) is 0 Å². The molecule has 3 rings (SSSR count). The Morgan fingerprint density at radius 3 is 2.76 bits per heavy atom. The maximum Gasteiger partial charge on any atom is 0.163 e. The molecule has 0 atom stereocenters. The van der Waals surface area contributed by atoms with Crippen LogP contribution >= 0.6 is 0 Å². The van der Waals surface area contributed by atoms with Gasteiger partial charge in [0.05, 0.1) is 0 Å². The highest BCUT2D eigenvalue weighted by Crippen LogP contribution is 2.26. The molecule has 106 valence electrons. The van der Waals surface area contributed by atoms with Crippen LogP contribution in [0.25, 0.3) is 22.2 Å². The Hall–Kier alpha value is -2.49. The van der Waals surface area contributed by atoms with Crippen LogP contribution in [0.2, 0.25) is 0 Å². The summed E-state index contributed by atoms with van der Waals surface area (Å²) in [6, 6.07) is 10.2. The van der Waals surface area contributed by atoms with Gasteiger partial charge in [0.2, 0.25) is 0 Å². The first-order chi connectivity index (χ1) is 10.3. The van der Waals surface area contributed by atoms with Gasteiger partial charge in [-0.2, -0.15) is 0 Å². The molecule has 0 radical (unpaired) electrons. The van der Waals surface area contributed by atoms with Crippen molar-refractivity contribution in [1.29, 1.82) is 0 Å². The van der Waals surface area contributed by atoms with Crippen molar-refractivity contribution in [2.24, 2.45) is 0 Å². The van der Waals surface area contributed by atoms with Crippen LogP contribution in [0.3, 0.4) is 0 Å². The molecule has 3 aromatic rings. The van der Waals surface area contributed by atoms with Crippen LogP contribution in [0.5, 0.6) is 0 Å². The molecular weight excluding hydrogens is 260 g/mol. The lowest BCUT2D eigenvalue weighted by Crippen LogP contribution is -2.01. The number of rotatable bonds is 4. The van der Waals surface area contributed by atoms with Crippen LogP contribution in [0, 0.1) is 0 Å². The zero-order valence-corrected chi connectivity index (χ0v) is 12.3. The van der Waals surface area contributed by atoms with E-state index in [4.69, 9.17) is 4.98 Å². The maximum atomic E-state index is 4.70. The lowest BCUT2D eigenvalue weighted by atomic mass is 10.1. The number of nitrogens with one attached hydrogen (secondary N) is 1. The van der Waals surface area contributed by atoms with Crippen LogP contribution in [-0.4, -0.2) is 22.0 Å². The number of aryl methyl sites for hydroxylation is 1. The highest BCUT2D eigenvalue weighted by Gasteiger charge is 2.10. The molecule has 2 aromatic heterocycles. The van der Waals surface area contributed by atoms with Gasteiger partial charge in [-0.25, -0.2) is 9.97 Å². The molecule has 1 aromatic carbocycles. The van der Waals surface area contributed by atoms with Gasteiger partial charge < -0.3 is 5.32 Å². The molecule has 0 unspecified atom stereocenters. The Bertz CT molecular complexity index is 762. The van der Waals surface area contributed by atoms with E-state index in [9.17, 15) is 0 Å². The van der Waals surface area contributed by atoms with Gasteiger partial charge in [-0.05, 0) is 11.8 Å². The highest BCUT2D eigenvalue weighted by atomic mass is 15.0. The smallest absolute Gasteiger partial charge is 0.163 e. The van der Waals surface area contributed by atoms with E-state index >= 15 is 0 Å². The summed E-state index contributed by atoms with van der Waals surface area (Å²) in [6.45, 7) is 2.15. The van der Waals surface area contributed by atoms with Crippen molar-refractivity contribution in [2.75, 3.05) is 12.4 Å². The summed E-state index contributed by atoms with van der Waals surface area (Å²) in [6.07, 6.45) is 5.72. The van der Waals surface area contributed by atoms with Crippen LogP contribution < -0.4 is 5.32 Å². The fourth-order valence-electron chi connectivity index (χ4n) is 2.42. The lowest BCUT2D eigenvalue weighted by Gasteiger charge is -2.09.